The van der Waals surface area contributed by atoms with Crippen molar-refractivity contribution in [2.75, 3.05) is 5.73 Å². The van der Waals surface area contributed by atoms with E-state index in [0.717, 1.165) is 6.33 Å². The molecule has 0 radical (unpaired) electrons. The molecule has 0 fully saturated rings. The molecule has 0 spiro atoms. The van der Waals surface area contributed by atoms with E-state index in [2.05, 4.69) is 20.1 Å². The summed E-state index contributed by atoms with van der Waals surface area (Å²) in [5.41, 5.74) is 6.97. The highest BCUT2D eigenvalue weighted by atomic mass is 19.4. The second-order valence-corrected chi connectivity index (χ2v) is 5.84. The third-order valence-electron chi connectivity index (χ3n) is 3.96. The van der Waals surface area contributed by atoms with Crippen LogP contribution in [0, 0.1) is 0 Å². The Hall–Kier alpha value is -3.69. The molecule has 0 unspecified atom stereocenters. The number of ether oxygens (including phenoxy) is 1. The van der Waals surface area contributed by atoms with Crippen LogP contribution < -0.4 is 10.5 Å². The maximum Gasteiger partial charge on any atom is 0.429 e. The smallest absolute Gasteiger partial charge is 0.429 e. The lowest BCUT2D eigenvalue weighted by Crippen LogP contribution is -2.26. The Bertz CT molecular complexity index is 1110. The van der Waals surface area contributed by atoms with E-state index in [1.807, 2.05) is 0 Å². The summed E-state index contributed by atoms with van der Waals surface area (Å²) in [6.07, 6.45) is -2.49. The van der Waals surface area contributed by atoms with Crippen molar-refractivity contribution in [1.29, 1.82) is 0 Å². The van der Waals surface area contributed by atoms with Gasteiger partial charge in [0, 0.05) is 24.0 Å². The molecule has 4 rings (SSSR count). The summed E-state index contributed by atoms with van der Waals surface area (Å²) in [7, 11) is 0. The van der Waals surface area contributed by atoms with Gasteiger partial charge in [0.15, 0.2) is 11.5 Å². The molecular weight excluding hydrogens is 373 g/mol. The van der Waals surface area contributed by atoms with E-state index < -0.39 is 12.3 Å². The molecule has 28 heavy (non-hydrogen) atoms. The topological polar surface area (TPSA) is 91.2 Å². The van der Waals surface area contributed by atoms with Gasteiger partial charge in [0.05, 0.1) is 11.3 Å². The average molecular weight is 386 g/mol. The predicted molar refractivity (Wildman–Crippen MR) is 94.3 cm³/mol. The molecule has 4 aromatic rings. The first-order chi connectivity index (χ1) is 13.4. The number of halogens is 3. The number of benzene rings is 1. The first-order valence-corrected chi connectivity index (χ1v) is 8.13. The van der Waals surface area contributed by atoms with E-state index in [-0.39, 0.29) is 23.0 Å². The fraction of sp³-hybridized carbons (Fsp3) is 0.111. The van der Waals surface area contributed by atoms with Crippen molar-refractivity contribution in [2.24, 2.45) is 0 Å². The number of hydrogen-bond donors (Lipinski definition) is 1. The van der Waals surface area contributed by atoms with Crippen LogP contribution in [-0.4, -0.2) is 30.7 Å². The Kier molecular flexibility index (Phi) is 4.30. The Morgan fingerprint density at radius 2 is 1.82 bits per heavy atom. The number of alkyl halides is 3. The van der Waals surface area contributed by atoms with Gasteiger partial charge in [0.25, 0.3) is 0 Å². The summed E-state index contributed by atoms with van der Waals surface area (Å²) in [5.74, 6) is -0.107. The van der Waals surface area contributed by atoms with E-state index in [9.17, 15) is 13.2 Å². The normalized spacial score (nSPS) is 12.8. The minimum absolute atomic E-state index is 0.0349. The Morgan fingerprint density at radius 1 is 1.04 bits per heavy atom. The highest BCUT2D eigenvalue weighted by molar-refractivity contribution is 5.84. The zero-order valence-electron chi connectivity index (χ0n) is 14.2. The molecule has 0 amide bonds. The molecule has 142 valence electrons. The van der Waals surface area contributed by atoms with E-state index >= 15 is 0 Å². The lowest BCUT2D eigenvalue weighted by Gasteiger charge is -2.21. The molecular formula is C18H13F3N6O. The molecule has 0 aliphatic carbocycles. The van der Waals surface area contributed by atoms with Crippen molar-refractivity contribution in [2.45, 2.75) is 12.3 Å². The van der Waals surface area contributed by atoms with E-state index in [0.29, 0.717) is 11.2 Å². The van der Waals surface area contributed by atoms with Crippen LogP contribution in [0.2, 0.25) is 0 Å². The number of fused-ring (bicyclic) bond motifs is 1. The second-order valence-electron chi connectivity index (χ2n) is 5.84. The zero-order valence-corrected chi connectivity index (χ0v) is 14.2. The van der Waals surface area contributed by atoms with Crippen molar-refractivity contribution < 1.29 is 17.9 Å². The van der Waals surface area contributed by atoms with Gasteiger partial charge in [-0.2, -0.15) is 13.2 Å². The summed E-state index contributed by atoms with van der Waals surface area (Å²) in [5, 5.41) is 4.12. The van der Waals surface area contributed by atoms with Gasteiger partial charge in [-0.05, 0) is 6.07 Å². The van der Waals surface area contributed by atoms with Crippen LogP contribution in [0.1, 0.15) is 11.7 Å². The minimum Gasteiger partial charge on any atom is -0.460 e. The largest absolute Gasteiger partial charge is 0.460 e. The van der Waals surface area contributed by atoms with Crippen molar-refractivity contribution in [3.8, 4) is 17.1 Å². The molecule has 7 nitrogen and oxygen atoms in total. The molecule has 3 heterocycles. The van der Waals surface area contributed by atoms with Gasteiger partial charge in [-0.25, -0.2) is 19.5 Å². The fourth-order valence-electron chi connectivity index (χ4n) is 2.76. The predicted octanol–water partition coefficient (Wildman–Crippen LogP) is 3.45. The fourth-order valence-corrected chi connectivity index (χ4v) is 2.76. The van der Waals surface area contributed by atoms with Gasteiger partial charge >= 0.3 is 6.18 Å². The zero-order chi connectivity index (χ0) is 19.7. The number of hydrogen-bond acceptors (Lipinski definition) is 6. The molecule has 3 aromatic heterocycles. The summed E-state index contributed by atoms with van der Waals surface area (Å²) >= 11 is 0. The van der Waals surface area contributed by atoms with Crippen LogP contribution in [-0.2, 0) is 0 Å². The number of nitrogen functional groups attached to an aromatic ring is 1. The van der Waals surface area contributed by atoms with Crippen molar-refractivity contribution in [3.63, 3.8) is 0 Å². The third-order valence-corrected chi connectivity index (χ3v) is 3.96. The molecule has 2 N–H and O–H groups in total. The summed E-state index contributed by atoms with van der Waals surface area (Å²) < 4.78 is 47.2. The summed E-state index contributed by atoms with van der Waals surface area (Å²) in [6, 6.07) is 10.3. The second kappa shape index (κ2) is 6.80. The van der Waals surface area contributed by atoms with Crippen LogP contribution in [0.5, 0.6) is 5.88 Å². The quantitative estimate of drug-likeness (QED) is 0.578. The maximum absolute atomic E-state index is 13.5. The molecule has 0 bridgehead atoms. The molecule has 1 aromatic carbocycles. The van der Waals surface area contributed by atoms with Crippen LogP contribution in [0.15, 0.2) is 61.2 Å². The van der Waals surface area contributed by atoms with E-state index in [1.165, 1.54) is 34.8 Å². The van der Waals surface area contributed by atoms with Crippen LogP contribution in [0.4, 0.5) is 19.0 Å². The van der Waals surface area contributed by atoms with E-state index in [4.69, 9.17) is 10.5 Å². The van der Waals surface area contributed by atoms with Gasteiger partial charge in [-0.1, -0.05) is 30.3 Å². The van der Waals surface area contributed by atoms with Gasteiger partial charge in [-0.15, -0.1) is 5.10 Å². The van der Waals surface area contributed by atoms with Crippen molar-refractivity contribution >= 4 is 11.5 Å². The van der Waals surface area contributed by atoms with Gasteiger partial charge in [0.2, 0.25) is 12.0 Å². The SMILES string of the molecule is Nc1nn2cccnc2c1-c1cc(O[C@H](c2ccccc2)C(F)(F)F)ncn1. The Labute approximate surface area is 156 Å². The van der Waals surface area contributed by atoms with Crippen molar-refractivity contribution in [1.82, 2.24) is 24.6 Å². The molecule has 0 aliphatic rings. The minimum atomic E-state index is -4.63. The van der Waals surface area contributed by atoms with Crippen LogP contribution in [0.25, 0.3) is 16.9 Å². The maximum atomic E-state index is 13.5. The van der Waals surface area contributed by atoms with Gasteiger partial charge < -0.3 is 10.5 Å². The first kappa shape index (κ1) is 17.7. The average Bonchev–Trinajstić information content (AvgIpc) is 3.02. The lowest BCUT2D eigenvalue weighted by atomic mass is 10.1. The standard InChI is InChI=1S/C18H13F3N6O/c19-18(20,21)15(11-5-2-1-3-6-11)28-13-9-12(24-10-25-13)14-16(22)26-27-8-4-7-23-17(14)27/h1-10,15H,(H2,22,26)/t15-/m1/s1. The Balaban J connectivity index is 1.73. The third kappa shape index (κ3) is 3.31. The number of anilines is 1. The molecule has 1 atom stereocenters. The number of nitrogens with zero attached hydrogens (tertiary/aromatic N) is 5. The highest BCUT2D eigenvalue weighted by Crippen LogP contribution is 2.37. The molecule has 0 saturated carbocycles. The first-order valence-electron chi connectivity index (χ1n) is 8.13. The number of aromatic nitrogens is 5. The van der Waals surface area contributed by atoms with Gasteiger partial charge in [-0.3, -0.25) is 0 Å². The summed E-state index contributed by atoms with van der Waals surface area (Å²) in [4.78, 5) is 12.1. The summed E-state index contributed by atoms with van der Waals surface area (Å²) in [6.45, 7) is 0. The Morgan fingerprint density at radius 3 is 2.57 bits per heavy atom. The number of nitrogens with two attached hydrogens (primary N) is 1. The van der Waals surface area contributed by atoms with Crippen molar-refractivity contribution in [3.05, 3.63) is 66.7 Å². The molecule has 0 saturated heterocycles. The van der Waals surface area contributed by atoms with E-state index in [1.54, 1.807) is 24.5 Å². The van der Waals surface area contributed by atoms with Crippen LogP contribution in [0.3, 0.4) is 0 Å². The highest BCUT2D eigenvalue weighted by Gasteiger charge is 2.43. The van der Waals surface area contributed by atoms with Gasteiger partial charge in [0.1, 0.15) is 6.33 Å². The molecule has 0 aliphatic heterocycles. The van der Waals surface area contributed by atoms with Crippen LogP contribution >= 0.6 is 0 Å². The number of rotatable bonds is 4. The lowest BCUT2D eigenvalue weighted by molar-refractivity contribution is -0.198. The molecule has 10 heteroatoms. The monoisotopic (exact) mass is 386 g/mol.